The third-order valence-electron chi connectivity index (χ3n) is 3.29. The van der Waals surface area contributed by atoms with Gasteiger partial charge in [-0.05, 0) is 40.5 Å². The largest absolute Gasteiger partial charge is 0.281 e. The molecule has 0 spiro atoms. The van der Waals surface area contributed by atoms with E-state index in [4.69, 9.17) is 11.6 Å². The second-order valence-electron chi connectivity index (χ2n) is 5.62. The summed E-state index contributed by atoms with van der Waals surface area (Å²) in [7, 11) is 0. The molecule has 2 unspecified atom stereocenters. The van der Waals surface area contributed by atoms with Crippen molar-refractivity contribution >= 4 is 16.8 Å². The van der Waals surface area contributed by atoms with E-state index in [2.05, 4.69) is 45.0 Å². The standard InChI is InChI=1S/C14H17ClO/c1-14(2,3)10-6-4-9(5-7-10)11-8-12(11)13(15)16/h4-7,11-12H,8H2,1-3H3. The highest BCUT2D eigenvalue weighted by molar-refractivity contribution is 6.64. The number of halogens is 1. The van der Waals surface area contributed by atoms with Crippen LogP contribution >= 0.6 is 11.6 Å². The maximum absolute atomic E-state index is 11.0. The summed E-state index contributed by atoms with van der Waals surface area (Å²) in [5.74, 6) is 0.418. The van der Waals surface area contributed by atoms with E-state index < -0.39 is 0 Å². The highest BCUT2D eigenvalue weighted by atomic mass is 35.5. The van der Waals surface area contributed by atoms with Crippen LogP contribution in [0.1, 0.15) is 44.2 Å². The molecular weight excluding hydrogens is 220 g/mol. The molecule has 0 aliphatic heterocycles. The van der Waals surface area contributed by atoms with E-state index in [-0.39, 0.29) is 16.6 Å². The van der Waals surface area contributed by atoms with Gasteiger partial charge in [0, 0.05) is 5.92 Å². The highest BCUT2D eigenvalue weighted by Crippen LogP contribution is 2.48. The van der Waals surface area contributed by atoms with Gasteiger partial charge in [-0.1, -0.05) is 45.0 Å². The van der Waals surface area contributed by atoms with E-state index in [1.807, 2.05) is 0 Å². The second-order valence-corrected chi connectivity index (χ2v) is 6.00. The Balaban J connectivity index is 2.13. The van der Waals surface area contributed by atoms with E-state index in [0.717, 1.165) is 6.42 Å². The van der Waals surface area contributed by atoms with Crippen molar-refractivity contribution < 1.29 is 4.79 Å². The minimum Gasteiger partial charge on any atom is -0.281 e. The van der Waals surface area contributed by atoms with Crippen molar-refractivity contribution in [2.75, 3.05) is 0 Å². The number of carbonyl (C=O) groups is 1. The van der Waals surface area contributed by atoms with Crippen LogP contribution in [0.25, 0.3) is 0 Å². The Kier molecular flexibility index (Phi) is 2.83. The first-order chi connectivity index (χ1) is 7.39. The van der Waals surface area contributed by atoms with Crippen LogP contribution in [-0.2, 0) is 10.2 Å². The molecule has 2 atom stereocenters. The molecule has 1 aliphatic rings. The van der Waals surface area contributed by atoms with Crippen LogP contribution in [-0.4, -0.2) is 5.24 Å². The number of rotatable bonds is 2. The number of hydrogen-bond acceptors (Lipinski definition) is 1. The smallest absolute Gasteiger partial charge is 0.225 e. The Labute approximate surface area is 102 Å². The quantitative estimate of drug-likeness (QED) is 0.713. The SMILES string of the molecule is CC(C)(C)c1ccc(C2CC2C(=O)Cl)cc1. The molecule has 2 rings (SSSR count). The minimum absolute atomic E-state index is 0.0575. The van der Waals surface area contributed by atoms with Crippen LogP contribution in [0.2, 0.25) is 0 Å². The summed E-state index contributed by atoms with van der Waals surface area (Å²) in [6, 6.07) is 8.57. The molecular formula is C14H17ClO. The molecule has 1 aromatic carbocycles. The van der Waals surface area contributed by atoms with Gasteiger partial charge in [-0.15, -0.1) is 0 Å². The van der Waals surface area contributed by atoms with Crippen LogP contribution in [0, 0.1) is 5.92 Å². The molecule has 0 saturated heterocycles. The number of carbonyl (C=O) groups excluding carboxylic acids is 1. The van der Waals surface area contributed by atoms with Crippen molar-refractivity contribution in [3.63, 3.8) is 0 Å². The Hall–Kier alpha value is -0.820. The van der Waals surface area contributed by atoms with Crippen LogP contribution in [0.3, 0.4) is 0 Å². The zero-order chi connectivity index (χ0) is 11.9. The summed E-state index contributed by atoms with van der Waals surface area (Å²) in [6.07, 6.45) is 0.914. The zero-order valence-electron chi connectivity index (χ0n) is 9.96. The fourth-order valence-corrected chi connectivity index (χ4v) is 2.29. The molecule has 1 nitrogen and oxygen atoms in total. The predicted octanol–water partition coefficient (Wildman–Crippen LogP) is 3.85. The molecule has 2 heteroatoms. The Bertz CT molecular complexity index is 400. The van der Waals surface area contributed by atoms with Crippen LogP contribution in [0.4, 0.5) is 0 Å². The summed E-state index contributed by atoms with van der Waals surface area (Å²) in [5.41, 5.74) is 2.75. The lowest BCUT2D eigenvalue weighted by Gasteiger charge is -2.19. The van der Waals surface area contributed by atoms with Gasteiger partial charge >= 0.3 is 0 Å². The van der Waals surface area contributed by atoms with Gasteiger partial charge in [0.05, 0.1) is 0 Å². The van der Waals surface area contributed by atoms with Gasteiger partial charge in [-0.2, -0.15) is 0 Å². The normalized spacial score (nSPS) is 24.2. The van der Waals surface area contributed by atoms with Crippen molar-refractivity contribution in [1.82, 2.24) is 0 Å². The van der Waals surface area contributed by atoms with E-state index in [1.54, 1.807) is 0 Å². The Morgan fingerprint density at radius 3 is 2.19 bits per heavy atom. The van der Waals surface area contributed by atoms with Crippen LogP contribution < -0.4 is 0 Å². The lowest BCUT2D eigenvalue weighted by atomic mass is 9.86. The predicted molar refractivity (Wildman–Crippen MR) is 66.9 cm³/mol. The van der Waals surface area contributed by atoms with E-state index in [9.17, 15) is 4.79 Å². The van der Waals surface area contributed by atoms with Crippen molar-refractivity contribution in [3.8, 4) is 0 Å². The molecule has 16 heavy (non-hydrogen) atoms. The van der Waals surface area contributed by atoms with Crippen molar-refractivity contribution in [3.05, 3.63) is 35.4 Å². The molecule has 0 bridgehead atoms. The third kappa shape index (κ3) is 2.30. The number of benzene rings is 1. The molecule has 1 saturated carbocycles. The first-order valence-electron chi connectivity index (χ1n) is 5.69. The molecule has 0 aromatic heterocycles. The summed E-state index contributed by atoms with van der Waals surface area (Å²) in [4.78, 5) is 11.0. The number of hydrogen-bond donors (Lipinski definition) is 0. The molecule has 1 fully saturated rings. The molecule has 0 radical (unpaired) electrons. The van der Waals surface area contributed by atoms with Gasteiger partial charge in [0.1, 0.15) is 0 Å². The Morgan fingerprint density at radius 1 is 1.25 bits per heavy atom. The molecule has 1 aliphatic carbocycles. The fourth-order valence-electron chi connectivity index (χ4n) is 2.04. The first-order valence-corrected chi connectivity index (χ1v) is 6.07. The van der Waals surface area contributed by atoms with Crippen molar-refractivity contribution in [2.45, 2.75) is 38.5 Å². The molecule has 0 amide bonds. The molecule has 1 aromatic rings. The van der Waals surface area contributed by atoms with Crippen molar-refractivity contribution in [2.24, 2.45) is 5.92 Å². The van der Waals surface area contributed by atoms with Gasteiger partial charge in [-0.3, -0.25) is 4.79 Å². The lowest BCUT2D eigenvalue weighted by Crippen LogP contribution is -2.10. The average Bonchev–Trinajstić information content (AvgIpc) is 2.96. The molecule has 0 N–H and O–H groups in total. The highest BCUT2D eigenvalue weighted by Gasteiger charge is 2.42. The van der Waals surface area contributed by atoms with E-state index in [1.165, 1.54) is 11.1 Å². The minimum atomic E-state index is -0.190. The van der Waals surface area contributed by atoms with Gasteiger partial charge in [-0.25, -0.2) is 0 Å². The maximum atomic E-state index is 11.0. The lowest BCUT2D eigenvalue weighted by molar-refractivity contribution is -0.112. The van der Waals surface area contributed by atoms with Crippen LogP contribution in [0.5, 0.6) is 0 Å². The third-order valence-corrected chi connectivity index (χ3v) is 3.57. The Morgan fingerprint density at radius 2 is 1.81 bits per heavy atom. The van der Waals surface area contributed by atoms with E-state index in [0.29, 0.717) is 5.92 Å². The topological polar surface area (TPSA) is 17.1 Å². The summed E-state index contributed by atoms with van der Waals surface area (Å²) >= 11 is 5.48. The molecule has 0 heterocycles. The first kappa shape index (κ1) is 11.7. The average molecular weight is 237 g/mol. The van der Waals surface area contributed by atoms with Gasteiger partial charge in [0.25, 0.3) is 0 Å². The summed E-state index contributed by atoms with van der Waals surface area (Å²) in [5, 5.41) is -0.190. The molecule has 86 valence electrons. The van der Waals surface area contributed by atoms with Crippen molar-refractivity contribution in [1.29, 1.82) is 0 Å². The fraction of sp³-hybridized carbons (Fsp3) is 0.500. The zero-order valence-corrected chi connectivity index (χ0v) is 10.7. The maximum Gasteiger partial charge on any atom is 0.225 e. The van der Waals surface area contributed by atoms with Gasteiger partial charge < -0.3 is 0 Å². The monoisotopic (exact) mass is 236 g/mol. The van der Waals surface area contributed by atoms with E-state index >= 15 is 0 Å². The second kappa shape index (κ2) is 3.89. The van der Waals surface area contributed by atoms with Gasteiger partial charge in [0.15, 0.2) is 0 Å². The van der Waals surface area contributed by atoms with Crippen LogP contribution in [0.15, 0.2) is 24.3 Å². The summed E-state index contributed by atoms with van der Waals surface area (Å²) < 4.78 is 0. The van der Waals surface area contributed by atoms with Gasteiger partial charge in [0.2, 0.25) is 5.24 Å². The summed E-state index contributed by atoms with van der Waals surface area (Å²) in [6.45, 7) is 6.60.